The van der Waals surface area contributed by atoms with E-state index in [0.29, 0.717) is 22.9 Å². The van der Waals surface area contributed by atoms with Crippen LogP contribution in [0.25, 0.3) is 11.0 Å². The van der Waals surface area contributed by atoms with Crippen molar-refractivity contribution in [3.63, 3.8) is 0 Å². The van der Waals surface area contributed by atoms with Crippen molar-refractivity contribution in [3.05, 3.63) is 65.4 Å². The summed E-state index contributed by atoms with van der Waals surface area (Å²) in [5.74, 6) is 0.440. The van der Waals surface area contributed by atoms with Gasteiger partial charge in [0, 0.05) is 17.0 Å². The van der Waals surface area contributed by atoms with E-state index < -0.39 is 0 Å². The number of carbonyl (C=O) groups excluding carboxylic acids is 1. The first-order chi connectivity index (χ1) is 10.2. The van der Waals surface area contributed by atoms with Crippen LogP contribution < -0.4 is 5.32 Å². The number of halogens is 1. The molecule has 3 rings (SSSR count). The van der Waals surface area contributed by atoms with Gasteiger partial charge in [0.25, 0.3) is 5.91 Å². The highest BCUT2D eigenvalue weighted by Crippen LogP contribution is 2.22. The Kier molecular flexibility index (Phi) is 3.67. The number of anilines is 1. The van der Waals surface area contributed by atoms with E-state index in [9.17, 15) is 4.79 Å². The Hall–Kier alpha value is -2.26. The molecule has 0 bridgehead atoms. The van der Waals surface area contributed by atoms with Crippen LogP contribution in [0.4, 0.5) is 5.69 Å². The number of furan rings is 1. The number of rotatable bonds is 3. The average molecular weight is 300 g/mol. The summed E-state index contributed by atoms with van der Waals surface area (Å²) in [7, 11) is 0. The van der Waals surface area contributed by atoms with Crippen LogP contribution in [0.3, 0.4) is 0 Å². The van der Waals surface area contributed by atoms with E-state index in [0.717, 1.165) is 16.5 Å². The molecule has 0 aliphatic carbocycles. The molecule has 0 fully saturated rings. The zero-order chi connectivity index (χ0) is 14.8. The second-order valence-electron chi connectivity index (χ2n) is 4.94. The van der Waals surface area contributed by atoms with Crippen LogP contribution in [0, 0.1) is 6.92 Å². The summed E-state index contributed by atoms with van der Waals surface area (Å²) < 4.78 is 5.58. The van der Waals surface area contributed by atoms with Gasteiger partial charge in [-0.2, -0.15) is 0 Å². The molecule has 0 saturated carbocycles. The summed E-state index contributed by atoms with van der Waals surface area (Å²) in [6, 6.07) is 15.0. The van der Waals surface area contributed by atoms with Gasteiger partial charge in [0.1, 0.15) is 5.58 Å². The second-order valence-corrected chi connectivity index (χ2v) is 5.21. The minimum atomic E-state index is -0.268. The van der Waals surface area contributed by atoms with Crippen LogP contribution in [0.15, 0.2) is 52.9 Å². The van der Waals surface area contributed by atoms with Gasteiger partial charge in [0.05, 0.1) is 0 Å². The zero-order valence-electron chi connectivity index (χ0n) is 11.5. The van der Waals surface area contributed by atoms with Gasteiger partial charge in [-0.3, -0.25) is 4.79 Å². The number of hydrogen-bond acceptors (Lipinski definition) is 2. The predicted octanol–water partition coefficient (Wildman–Crippen LogP) is 4.73. The lowest BCUT2D eigenvalue weighted by atomic mass is 10.2. The number of carbonyl (C=O) groups is 1. The maximum atomic E-state index is 12.2. The Bertz CT molecular complexity index is 807. The van der Waals surface area contributed by atoms with Crippen LogP contribution in [-0.4, -0.2) is 5.91 Å². The van der Waals surface area contributed by atoms with E-state index in [1.165, 1.54) is 0 Å². The number of hydrogen-bond donors (Lipinski definition) is 1. The highest BCUT2D eigenvalue weighted by atomic mass is 35.5. The lowest BCUT2D eigenvalue weighted by molar-refractivity contribution is 0.0998. The van der Waals surface area contributed by atoms with Gasteiger partial charge in [-0.1, -0.05) is 23.8 Å². The fourth-order valence-corrected chi connectivity index (χ4v) is 2.37. The van der Waals surface area contributed by atoms with Crippen molar-refractivity contribution in [2.45, 2.75) is 12.8 Å². The van der Waals surface area contributed by atoms with Gasteiger partial charge in [-0.05, 0) is 42.8 Å². The van der Waals surface area contributed by atoms with Gasteiger partial charge in [-0.15, -0.1) is 11.6 Å². The summed E-state index contributed by atoms with van der Waals surface area (Å²) >= 11 is 5.79. The number of amides is 1. The maximum Gasteiger partial charge on any atom is 0.291 e. The molecule has 1 heterocycles. The molecule has 106 valence electrons. The van der Waals surface area contributed by atoms with Crippen LogP contribution in [0.2, 0.25) is 0 Å². The summed E-state index contributed by atoms with van der Waals surface area (Å²) in [6.45, 7) is 2.00. The van der Waals surface area contributed by atoms with Crippen LogP contribution in [0.5, 0.6) is 0 Å². The van der Waals surface area contributed by atoms with Crippen molar-refractivity contribution in [1.82, 2.24) is 0 Å². The number of benzene rings is 2. The molecule has 0 saturated heterocycles. The Morgan fingerprint density at radius 1 is 1.19 bits per heavy atom. The first-order valence-electron chi connectivity index (χ1n) is 6.62. The Morgan fingerprint density at radius 2 is 2.05 bits per heavy atom. The number of fused-ring (bicyclic) bond motifs is 1. The van der Waals surface area contributed by atoms with Crippen molar-refractivity contribution < 1.29 is 9.21 Å². The fourth-order valence-electron chi connectivity index (χ4n) is 2.20. The molecule has 0 unspecified atom stereocenters. The fraction of sp³-hybridized carbons (Fsp3) is 0.118. The third kappa shape index (κ3) is 2.93. The molecule has 1 amide bonds. The molecule has 0 atom stereocenters. The molecule has 21 heavy (non-hydrogen) atoms. The molecule has 1 N–H and O–H groups in total. The van der Waals surface area contributed by atoms with Gasteiger partial charge >= 0.3 is 0 Å². The third-order valence-electron chi connectivity index (χ3n) is 3.23. The highest BCUT2D eigenvalue weighted by molar-refractivity contribution is 6.17. The Labute approximate surface area is 127 Å². The topological polar surface area (TPSA) is 42.2 Å². The molecule has 4 heteroatoms. The monoisotopic (exact) mass is 299 g/mol. The lowest BCUT2D eigenvalue weighted by Crippen LogP contribution is -2.10. The van der Waals surface area contributed by atoms with E-state index in [-0.39, 0.29) is 5.91 Å². The van der Waals surface area contributed by atoms with Crippen molar-refractivity contribution in [2.24, 2.45) is 0 Å². The van der Waals surface area contributed by atoms with Crippen LogP contribution in [0.1, 0.15) is 21.7 Å². The second kappa shape index (κ2) is 5.62. The van der Waals surface area contributed by atoms with E-state index in [1.54, 1.807) is 6.07 Å². The summed E-state index contributed by atoms with van der Waals surface area (Å²) in [6.07, 6.45) is 0. The smallest absolute Gasteiger partial charge is 0.291 e. The quantitative estimate of drug-likeness (QED) is 0.710. The highest BCUT2D eigenvalue weighted by Gasteiger charge is 2.12. The SMILES string of the molecule is Cc1ccc2oc(C(=O)Nc3cccc(CCl)c3)cc2c1. The number of aryl methyl sites for hydroxylation is 1. The zero-order valence-corrected chi connectivity index (χ0v) is 12.3. The largest absolute Gasteiger partial charge is 0.451 e. The molecule has 2 aromatic carbocycles. The maximum absolute atomic E-state index is 12.2. The van der Waals surface area contributed by atoms with Crippen LogP contribution >= 0.6 is 11.6 Å². The van der Waals surface area contributed by atoms with Crippen LogP contribution in [-0.2, 0) is 5.88 Å². The first kappa shape index (κ1) is 13.7. The normalized spacial score (nSPS) is 10.8. The van der Waals surface area contributed by atoms with Crippen molar-refractivity contribution >= 4 is 34.2 Å². The van der Waals surface area contributed by atoms with Crippen molar-refractivity contribution in [3.8, 4) is 0 Å². The number of alkyl halides is 1. The predicted molar refractivity (Wildman–Crippen MR) is 84.9 cm³/mol. The molecular formula is C17H14ClNO2. The van der Waals surface area contributed by atoms with E-state index in [2.05, 4.69) is 5.32 Å². The average Bonchev–Trinajstić information content (AvgIpc) is 2.90. The molecule has 0 aliphatic heterocycles. The van der Waals surface area contributed by atoms with Crippen molar-refractivity contribution in [2.75, 3.05) is 5.32 Å². The van der Waals surface area contributed by atoms with E-state index in [4.69, 9.17) is 16.0 Å². The van der Waals surface area contributed by atoms with Gasteiger partial charge in [0.15, 0.2) is 5.76 Å². The molecule has 0 spiro atoms. The summed E-state index contributed by atoms with van der Waals surface area (Å²) in [5, 5.41) is 3.74. The minimum Gasteiger partial charge on any atom is -0.451 e. The molecule has 0 aliphatic rings. The summed E-state index contributed by atoms with van der Waals surface area (Å²) in [4.78, 5) is 12.2. The molecule has 3 aromatic rings. The Morgan fingerprint density at radius 3 is 2.86 bits per heavy atom. The standard InChI is InChI=1S/C17H14ClNO2/c1-11-5-6-15-13(7-11)9-16(21-15)17(20)19-14-4-2-3-12(8-14)10-18/h2-9H,10H2,1H3,(H,19,20). The van der Waals surface area contributed by atoms with E-state index >= 15 is 0 Å². The van der Waals surface area contributed by atoms with Gasteiger partial charge < -0.3 is 9.73 Å². The minimum absolute atomic E-state index is 0.268. The van der Waals surface area contributed by atoms with Gasteiger partial charge in [0.2, 0.25) is 0 Å². The number of nitrogens with one attached hydrogen (secondary N) is 1. The van der Waals surface area contributed by atoms with E-state index in [1.807, 2.05) is 49.4 Å². The molecular weight excluding hydrogens is 286 g/mol. The lowest BCUT2D eigenvalue weighted by Gasteiger charge is -2.04. The first-order valence-corrected chi connectivity index (χ1v) is 7.15. The molecule has 0 radical (unpaired) electrons. The third-order valence-corrected chi connectivity index (χ3v) is 3.54. The van der Waals surface area contributed by atoms with Gasteiger partial charge in [-0.25, -0.2) is 0 Å². The van der Waals surface area contributed by atoms with Crippen molar-refractivity contribution in [1.29, 1.82) is 0 Å². The summed E-state index contributed by atoms with van der Waals surface area (Å²) in [5.41, 5.74) is 3.50. The molecule has 3 nitrogen and oxygen atoms in total. The molecule has 1 aromatic heterocycles. The Balaban J connectivity index is 1.86.